The molecule has 1 aliphatic rings. The number of unbranched alkanes of at least 4 members (excludes halogenated alkanes) is 17. The predicted molar refractivity (Wildman–Crippen MR) is 199 cm³/mol. The van der Waals surface area contributed by atoms with Gasteiger partial charge in [0, 0.05) is 31.1 Å². The summed E-state index contributed by atoms with van der Waals surface area (Å²) >= 11 is 0. The molecule has 1 rings (SSSR count). The van der Waals surface area contributed by atoms with Crippen LogP contribution in [0.4, 0.5) is 0 Å². The Morgan fingerprint density at radius 3 is 1.84 bits per heavy atom. The Balaban J connectivity index is 2.29. The van der Waals surface area contributed by atoms with Crippen molar-refractivity contribution in [2.45, 2.75) is 193 Å². The molecule has 51 heavy (non-hydrogen) atoms. The fourth-order valence-corrected chi connectivity index (χ4v) is 6.98. The van der Waals surface area contributed by atoms with Gasteiger partial charge in [0.1, 0.15) is 12.4 Å². The number of hydrogen-bond acceptors (Lipinski definition) is 9. The number of rotatable bonds is 33. The Hall–Kier alpha value is -1.62. The number of esters is 2. The highest BCUT2D eigenvalue weighted by Gasteiger charge is 2.39. The van der Waals surface area contributed by atoms with Crippen LogP contribution in [0.3, 0.4) is 0 Å². The monoisotopic (exact) mass is 746 g/mol. The SMILES string of the molecule is CCCCCCCCCCCCCCCC(=O)OC[C@H](COP(=O)(O)O)OC(=O)CCCCCC[C@H]1C(=O)C[C@@H](O)[C@@H]1/C=C/[C@@H](O)CCCCC. The number of Topliss-reactive ketones (excluding diaryl/α,β-unsaturated/α-hetero) is 1. The molecule has 0 aromatic rings. The number of phosphoric acid groups is 1. The van der Waals surface area contributed by atoms with E-state index in [2.05, 4.69) is 18.4 Å². The molecule has 0 aromatic heterocycles. The molecule has 11 nitrogen and oxygen atoms in total. The summed E-state index contributed by atoms with van der Waals surface area (Å²) < 4.78 is 26.3. The lowest BCUT2D eigenvalue weighted by molar-refractivity contribution is -0.161. The van der Waals surface area contributed by atoms with Crippen molar-refractivity contribution in [1.82, 2.24) is 0 Å². The van der Waals surface area contributed by atoms with Gasteiger partial charge in [0.15, 0.2) is 6.10 Å². The van der Waals surface area contributed by atoms with E-state index < -0.39 is 44.7 Å². The summed E-state index contributed by atoms with van der Waals surface area (Å²) in [6.07, 6.45) is 24.1. The van der Waals surface area contributed by atoms with Gasteiger partial charge in [-0.15, -0.1) is 0 Å². The van der Waals surface area contributed by atoms with Crippen LogP contribution in [0.2, 0.25) is 0 Å². The van der Waals surface area contributed by atoms with Gasteiger partial charge in [-0.1, -0.05) is 142 Å². The number of carbonyl (C=O) groups excluding carboxylic acids is 3. The van der Waals surface area contributed by atoms with E-state index in [1.165, 1.54) is 57.8 Å². The number of ether oxygens (including phenoxy) is 2. The first kappa shape index (κ1) is 47.4. The summed E-state index contributed by atoms with van der Waals surface area (Å²) in [6, 6.07) is 0. The van der Waals surface area contributed by atoms with Gasteiger partial charge < -0.3 is 29.5 Å². The molecule has 0 amide bonds. The second-order valence-corrected chi connectivity index (χ2v) is 15.6. The van der Waals surface area contributed by atoms with Gasteiger partial charge in [-0.2, -0.15) is 0 Å². The van der Waals surface area contributed by atoms with Gasteiger partial charge in [-0.3, -0.25) is 18.9 Å². The number of aliphatic hydroxyl groups is 2. The van der Waals surface area contributed by atoms with Crippen molar-refractivity contribution in [1.29, 1.82) is 0 Å². The fourth-order valence-electron chi connectivity index (χ4n) is 6.62. The molecular weight excluding hydrogens is 675 g/mol. The predicted octanol–water partition coefficient (Wildman–Crippen LogP) is 8.44. The van der Waals surface area contributed by atoms with Gasteiger partial charge in [0.2, 0.25) is 0 Å². The molecule has 0 saturated heterocycles. The highest BCUT2D eigenvalue weighted by molar-refractivity contribution is 7.46. The second-order valence-electron chi connectivity index (χ2n) is 14.4. The second kappa shape index (κ2) is 29.8. The summed E-state index contributed by atoms with van der Waals surface area (Å²) in [4.78, 5) is 55.5. The van der Waals surface area contributed by atoms with Crippen molar-refractivity contribution in [2.75, 3.05) is 13.2 Å². The number of phosphoric ester groups is 1. The van der Waals surface area contributed by atoms with E-state index >= 15 is 0 Å². The first-order valence-electron chi connectivity index (χ1n) is 20.1. The zero-order valence-corrected chi connectivity index (χ0v) is 32.6. The molecule has 0 spiro atoms. The average molecular weight is 747 g/mol. The van der Waals surface area contributed by atoms with Gasteiger partial charge in [0.05, 0.1) is 18.8 Å². The Labute approximate surface area is 307 Å². The van der Waals surface area contributed by atoms with Crippen LogP contribution in [-0.2, 0) is 32.9 Å². The van der Waals surface area contributed by atoms with Crippen molar-refractivity contribution >= 4 is 25.5 Å². The Kier molecular flexibility index (Phi) is 27.7. The van der Waals surface area contributed by atoms with E-state index in [1.54, 1.807) is 12.2 Å². The summed E-state index contributed by atoms with van der Waals surface area (Å²) in [6.45, 7) is 3.38. The molecule has 0 heterocycles. The van der Waals surface area contributed by atoms with Crippen LogP contribution in [-0.4, -0.2) is 69.2 Å². The van der Waals surface area contributed by atoms with Crippen LogP contribution in [0.15, 0.2) is 12.2 Å². The van der Waals surface area contributed by atoms with Gasteiger partial charge in [-0.05, 0) is 25.7 Å². The zero-order valence-electron chi connectivity index (χ0n) is 31.7. The Bertz CT molecular complexity index is 998. The lowest BCUT2D eigenvalue weighted by Gasteiger charge is -2.19. The smallest absolute Gasteiger partial charge is 0.462 e. The van der Waals surface area contributed by atoms with Crippen LogP contribution in [0.1, 0.15) is 174 Å². The van der Waals surface area contributed by atoms with Crippen LogP contribution in [0.25, 0.3) is 0 Å². The van der Waals surface area contributed by atoms with Gasteiger partial charge in [-0.25, -0.2) is 4.57 Å². The Morgan fingerprint density at radius 2 is 1.27 bits per heavy atom. The van der Waals surface area contributed by atoms with Gasteiger partial charge >= 0.3 is 19.8 Å². The van der Waals surface area contributed by atoms with Gasteiger partial charge in [0.25, 0.3) is 0 Å². The van der Waals surface area contributed by atoms with Crippen LogP contribution >= 0.6 is 7.82 Å². The third kappa shape index (κ3) is 25.9. The molecule has 12 heteroatoms. The minimum atomic E-state index is -4.81. The van der Waals surface area contributed by atoms with E-state index in [0.717, 1.165) is 51.4 Å². The molecule has 0 radical (unpaired) electrons. The standard InChI is InChI=1S/C39H71O11P/c1-3-5-7-8-9-10-11-12-13-14-15-16-21-25-38(43)48-30-33(31-49-51(45,46)47)50-39(44)26-22-18-17-20-24-34-35(37(42)29-36(34)41)28-27-32(40)23-19-6-4-2/h27-28,32-35,37,40,42H,3-26,29-31H2,1-2H3,(H2,45,46,47)/b28-27+/t32-,33+,34+,35+,37+/m0/s1. The number of ketones is 1. The molecule has 1 fully saturated rings. The summed E-state index contributed by atoms with van der Waals surface area (Å²) in [5, 5.41) is 20.6. The molecule has 5 atom stereocenters. The van der Waals surface area contributed by atoms with E-state index in [-0.39, 0.29) is 43.5 Å². The van der Waals surface area contributed by atoms with Crippen LogP contribution in [0.5, 0.6) is 0 Å². The zero-order chi connectivity index (χ0) is 37.7. The maximum Gasteiger partial charge on any atom is 0.469 e. The highest BCUT2D eigenvalue weighted by atomic mass is 31.2. The minimum Gasteiger partial charge on any atom is -0.462 e. The number of hydrogen-bond donors (Lipinski definition) is 4. The lowest BCUT2D eigenvalue weighted by Crippen LogP contribution is -2.29. The maximum atomic E-state index is 12.5. The normalized spacial score (nSPS) is 19.1. The first-order chi connectivity index (χ1) is 24.5. The Morgan fingerprint density at radius 1 is 0.765 bits per heavy atom. The number of carbonyl (C=O) groups is 3. The minimum absolute atomic E-state index is 0.0369. The maximum absolute atomic E-state index is 12.5. The molecule has 4 N–H and O–H groups in total. The quantitative estimate of drug-likeness (QED) is 0.0219. The van der Waals surface area contributed by atoms with E-state index in [4.69, 9.17) is 19.3 Å². The molecule has 0 bridgehead atoms. The van der Waals surface area contributed by atoms with Crippen LogP contribution in [0, 0.1) is 11.8 Å². The molecule has 1 saturated carbocycles. The van der Waals surface area contributed by atoms with Crippen molar-refractivity contribution in [3.63, 3.8) is 0 Å². The largest absolute Gasteiger partial charge is 0.469 e. The molecule has 298 valence electrons. The average Bonchev–Trinajstić information content (AvgIpc) is 3.35. The van der Waals surface area contributed by atoms with E-state index in [0.29, 0.717) is 32.1 Å². The van der Waals surface area contributed by atoms with Crippen LogP contribution < -0.4 is 0 Å². The van der Waals surface area contributed by atoms with Crippen molar-refractivity contribution in [3.05, 3.63) is 12.2 Å². The first-order valence-corrected chi connectivity index (χ1v) is 21.6. The third-order valence-corrected chi connectivity index (χ3v) is 10.2. The van der Waals surface area contributed by atoms with E-state index in [9.17, 15) is 29.2 Å². The molecular formula is C39H71O11P. The van der Waals surface area contributed by atoms with Crippen molar-refractivity contribution < 1.29 is 52.9 Å². The molecule has 0 unspecified atom stereocenters. The molecule has 0 aliphatic heterocycles. The van der Waals surface area contributed by atoms with E-state index in [1.807, 2.05) is 0 Å². The topological polar surface area (TPSA) is 177 Å². The third-order valence-electron chi connectivity index (χ3n) is 9.68. The van der Waals surface area contributed by atoms with Crippen molar-refractivity contribution in [3.8, 4) is 0 Å². The summed E-state index contributed by atoms with van der Waals surface area (Å²) in [5.41, 5.74) is 0. The molecule has 1 aliphatic carbocycles. The lowest BCUT2D eigenvalue weighted by atomic mass is 9.88. The number of aliphatic hydroxyl groups excluding tert-OH is 2. The summed E-state index contributed by atoms with van der Waals surface area (Å²) in [7, 11) is -4.81. The summed E-state index contributed by atoms with van der Waals surface area (Å²) in [5.74, 6) is -1.59. The fraction of sp³-hybridized carbons (Fsp3) is 0.872. The highest BCUT2D eigenvalue weighted by Crippen LogP contribution is 2.36. The molecule has 0 aromatic carbocycles. The van der Waals surface area contributed by atoms with Crippen molar-refractivity contribution in [2.24, 2.45) is 11.8 Å².